The maximum absolute atomic E-state index is 8.05. The van der Waals surface area contributed by atoms with Crippen LogP contribution in [0.15, 0.2) is 28.4 Å². The van der Waals surface area contributed by atoms with E-state index in [2.05, 4.69) is 36.9 Å². The van der Waals surface area contributed by atoms with Crippen molar-refractivity contribution in [3.05, 3.63) is 33.7 Å². The van der Waals surface area contributed by atoms with Crippen LogP contribution < -0.4 is 0 Å². The molecule has 0 unspecified atom stereocenters. The Bertz CT molecular complexity index is 241. The fraction of sp³-hybridized carbons (Fsp3) is 0.600. The third-order valence-electron chi connectivity index (χ3n) is 1.68. The van der Waals surface area contributed by atoms with Gasteiger partial charge in [-0.1, -0.05) is 28.4 Å². The summed E-state index contributed by atoms with van der Waals surface area (Å²) in [5.41, 5.74) is 10.7. The molecule has 0 bridgehead atoms. The van der Waals surface area contributed by atoms with Crippen LogP contribution in [0, 0.1) is 0 Å². The molecule has 0 spiro atoms. The lowest BCUT2D eigenvalue weighted by atomic mass is 10.1. The minimum atomic E-state index is 0.469. The average molecular weight is 179 g/mol. The standard InChI is InChI=1S/C10H17N3/c1-9(2)5-4-6-10(3)7-8-12-13-11/h5,7H,4,6,8H2,1-3H3. The molecule has 0 atom stereocenters. The maximum atomic E-state index is 8.05. The van der Waals surface area contributed by atoms with E-state index < -0.39 is 0 Å². The van der Waals surface area contributed by atoms with Gasteiger partial charge in [-0.25, -0.2) is 0 Å². The lowest BCUT2D eigenvalue weighted by molar-refractivity contribution is 0.955. The zero-order valence-electron chi connectivity index (χ0n) is 8.62. The molecule has 0 aliphatic carbocycles. The first-order valence-corrected chi connectivity index (χ1v) is 4.46. The summed E-state index contributed by atoms with van der Waals surface area (Å²) in [7, 11) is 0. The van der Waals surface area contributed by atoms with Crippen LogP contribution >= 0.6 is 0 Å². The quantitative estimate of drug-likeness (QED) is 0.265. The molecule has 0 amide bonds. The zero-order valence-corrected chi connectivity index (χ0v) is 8.62. The van der Waals surface area contributed by atoms with Crippen LogP contribution in [0.2, 0.25) is 0 Å². The zero-order chi connectivity index (χ0) is 10.1. The molecule has 0 aromatic carbocycles. The Kier molecular flexibility index (Phi) is 6.75. The Morgan fingerprint density at radius 2 is 2.00 bits per heavy atom. The summed E-state index contributed by atoms with van der Waals surface area (Å²) in [6.45, 7) is 6.72. The molecular formula is C10H17N3. The van der Waals surface area contributed by atoms with Crippen LogP contribution in [0.5, 0.6) is 0 Å². The second-order valence-corrected chi connectivity index (χ2v) is 3.28. The molecule has 72 valence electrons. The Labute approximate surface area is 79.8 Å². The van der Waals surface area contributed by atoms with Crippen LogP contribution in [0.1, 0.15) is 33.6 Å². The van der Waals surface area contributed by atoms with Gasteiger partial charge in [0.25, 0.3) is 0 Å². The average Bonchev–Trinajstić information content (AvgIpc) is 2.04. The molecule has 13 heavy (non-hydrogen) atoms. The molecular weight excluding hydrogens is 162 g/mol. The van der Waals surface area contributed by atoms with Crippen molar-refractivity contribution in [1.29, 1.82) is 0 Å². The monoisotopic (exact) mass is 179 g/mol. The second kappa shape index (κ2) is 7.44. The second-order valence-electron chi connectivity index (χ2n) is 3.28. The minimum absolute atomic E-state index is 0.469. The van der Waals surface area contributed by atoms with Crippen molar-refractivity contribution >= 4 is 0 Å². The van der Waals surface area contributed by atoms with Crippen LogP contribution in [0.4, 0.5) is 0 Å². The summed E-state index contributed by atoms with van der Waals surface area (Å²) in [5.74, 6) is 0. The molecule has 0 aliphatic rings. The van der Waals surface area contributed by atoms with Gasteiger partial charge in [0.05, 0.1) is 0 Å². The smallest absolute Gasteiger partial charge is 0.0442 e. The molecule has 3 heteroatoms. The maximum Gasteiger partial charge on any atom is 0.0442 e. The van der Waals surface area contributed by atoms with Crippen molar-refractivity contribution in [2.45, 2.75) is 33.6 Å². The van der Waals surface area contributed by atoms with Gasteiger partial charge in [-0.15, -0.1) is 0 Å². The van der Waals surface area contributed by atoms with Gasteiger partial charge in [0.2, 0.25) is 0 Å². The Morgan fingerprint density at radius 3 is 2.54 bits per heavy atom. The van der Waals surface area contributed by atoms with Crippen molar-refractivity contribution in [3.63, 3.8) is 0 Å². The van der Waals surface area contributed by atoms with Crippen molar-refractivity contribution in [2.24, 2.45) is 5.11 Å². The van der Waals surface area contributed by atoms with Gasteiger partial charge >= 0.3 is 0 Å². The SMILES string of the molecule is CC(C)=CCCC(C)=CCN=[N+]=[N-]. The largest absolute Gasteiger partial charge is 0.0899 e. The summed E-state index contributed by atoms with van der Waals surface area (Å²) < 4.78 is 0. The fourth-order valence-electron chi connectivity index (χ4n) is 0.924. The lowest BCUT2D eigenvalue weighted by Crippen LogP contribution is -1.79. The van der Waals surface area contributed by atoms with E-state index in [1.807, 2.05) is 6.08 Å². The van der Waals surface area contributed by atoms with Gasteiger partial charge in [0.15, 0.2) is 0 Å². The number of allylic oxidation sites excluding steroid dienone is 3. The third kappa shape index (κ3) is 8.70. The molecule has 0 aromatic heterocycles. The summed E-state index contributed by atoms with van der Waals surface area (Å²) in [5, 5.41) is 3.44. The molecule has 0 N–H and O–H groups in total. The Balaban J connectivity index is 3.73. The van der Waals surface area contributed by atoms with Crippen LogP contribution in [-0.4, -0.2) is 6.54 Å². The summed E-state index contributed by atoms with van der Waals surface area (Å²) in [4.78, 5) is 2.68. The van der Waals surface area contributed by atoms with Crippen LogP contribution in [0.3, 0.4) is 0 Å². The topological polar surface area (TPSA) is 48.8 Å². The highest BCUT2D eigenvalue weighted by atomic mass is 15.1. The molecule has 0 fully saturated rings. The van der Waals surface area contributed by atoms with E-state index in [-0.39, 0.29) is 0 Å². The first-order chi connectivity index (χ1) is 6.16. The first-order valence-electron chi connectivity index (χ1n) is 4.46. The molecule has 0 rings (SSSR count). The molecule has 3 nitrogen and oxygen atoms in total. The molecule has 0 aliphatic heterocycles. The van der Waals surface area contributed by atoms with Gasteiger partial charge in [-0.3, -0.25) is 0 Å². The predicted molar refractivity (Wildman–Crippen MR) is 56.4 cm³/mol. The Morgan fingerprint density at radius 1 is 1.31 bits per heavy atom. The Hall–Kier alpha value is -1.21. The van der Waals surface area contributed by atoms with Crippen LogP contribution in [0.25, 0.3) is 10.4 Å². The van der Waals surface area contributed by atoms with E-state index in [0.29, 0.717) is 6.54 Å². The summed E-state index contributed by atoms with van der Waals surface area (Å²) >= 11 is 0. The highest BCUT2D eigenvalue weighted by Gasteiger charge is 1.87. The van der Waals surface area contributed by atoms with E-state index in [4.69, 9.17) is 5.53 Å². The first kappa shape index (κ1) is 11.8. The predicted octanol–water partition coefficient (Wildman–Crippen LogP) is 3.99. The van der Waals surface area contributed by atoms with Crippen molar-refractivity contribution < 1.29 is 0 Å². The number of hydrogen-bond donors (Lipinski definition) is 0. The summed E-state index contributed by atoms with van der Waals surface area (Å²) in [6.07, 6.45) is 6.30. The van der Waals surface area contributed by atoms with Gasteiger partial charge in [0.1, 0.15) is 0 Å². The molecule has 0 heterocycles. The summed E-state index contributed by atoms with van der Waals surface area (Å²) in [6, 6.07) is 0. The van der Waals surface area contributed by atoms with E-state index in [0.717, 1.165) is 12.8 Å². The fourth-order valence-corrected chi connectivity index (χ4v) is 0.924. The van der Waals surface area contributed by atoms with E-state index >= 15 is 0 Å². The molecule has 0 aromatic rings. The number of rotatable bonds is 5. The van der Waals surface area contributed by atoms with Gasteiger partial charge in [-0.05, 0) is 39.1 Å². The third-order valence-corrected chi connectivity index (χ3v) is 1.68. The minimum Gasteiger partial charge on any atom is -0.0899 e. The highest BCUT2D eigenvalue weighted by Crippen LogP contribution is 2.06. The van der Waals surface area contributed by atoms with E-state index in [1.165, 1.54) is 11.1 Å². The molecule has 0 saturated carbocycles. The normalized spacial score (nSPS) is 10.5. The molecule has 0 radical (unpaired) electrons. The van der Waals surface area contributed by atoms with Crippen LogP contribution in [-0.2, 0) is 0 Å². The van der Waals surface area contributed by atoms with Gasteiger partial charge in [0, 0.05) is 11.5 Å². The van der Waals surface area contributed by atoms with Crippen molar-refractivity contribution in [3.8, 4) is 0 Å². The van der Waals surface area contributed by atoms with Gasteiger partial charge in [-0.2, -0.15) is 0 Å². The number of hydrogen-bond acceptors (Lipinski definition) is 1. The number of azide groups is 1. The van der Waals surface area contributed by atoms with Crippen molar-refractivity contribution in [2.75, 3.05) is 6.54 Å². The van der Waals surface area contributed by atoms with E-state index in [1.54, 1.807) is 0 Å². The number of nitrogens with zero attached hydrogens (tertiary/aromatic N) is 3. The lowest BCUT2D eigenvalue weighted by Gasteiger charge is -1.96. The molecule has 0 saturated heterocycles. The van der Waals surface area contributed by atoms with Gasteiger partial charge < -0.3 is 0 Å². The van der Waals surface area contributed by atoms with E-state index in [9.17, 15) is 0 Å². The van der Waals surface area contributed by atoms with Crippen molar-refractivity contribution in [1.82, 2.24) is 0 Å². The highest BCUT2D eigenvalue weighted by molar-refractivity contribution is 5.02.